The zero-order valence-electron chi connectivity index (χ0n) is 11.7. The molecule has 0 aliphatic rings. The maximum Gasteiger partial charge on any atom is 0.177 e. The Labute approximate surface area is 128 Å². The fraction of sp³-hybridized carbons (Fsp3) is 0.188. The number of ketones is 1. The van der Waals surface area contributed by atoms with E-state index in [0.29, 0.717) is 11.1 Å². The Morgan fingerprint density at radius 3 is 2.32 bits per heavy atom. The summed E-state index contributed by atoms with van der Waals surface area (Å²) < 4.78 is 37.0. The molecule has 2 aromatic carbocycles. The van der Waals surface area contributed by atoms with Crippen LogP contribution >= 0.6 is 0 Å². The van der Waals surface area contributed by atoms with Gasteiger partial charge in [0.2, 0.25) is 0 Å². The third-order valence-corrected chi connectivity index (χ3v) is 4.55. The molecule has 0 amide bonds. The molecule has 0 aliphatic carbocycles. The number of aliphatic hydroxyl groups excluding tert-OH is 1. The van der Waals surface area contributed by atoms with Crippen molar-refractivity contribution < 1.29 is 22.7 Å². The van der Waals surface area contributed by atoms with Gasteiger partial charge < -0.3 is 5.11 Å². The van der Waals surface area contributed by atoms with Gasteiger partial charge in [-0.3, -0.25) is 4.79 Å². The first-order valence-corrected chi connectivity index (χ1v) is 8.39. The number of carbonyl (C=O) groups excluding carboxylic acids is 1. The highest BCUT2D eigenvalue weighted by atomic mass is 32.2. The molecule has 2 rings (SSSR count). The summed E-state index contributed by atoms with van der Waals surface area (Å²) in [7, 11) is -3.64. The fourth-order valence-electron chi connectivity index (χ4n) is 2.04. The number of carbonyl (C=O) groups is 1. The largest absolute Gasteiger partial charge is 0.392 e. The van der Waals surface area contributed by atoms with Crippen molar-refractivity contribution in [1.82, 2.24) is 0 Å². The van der Waals surface area contributed by atoms with Crippen LogP contribution in [-0.4, -0.2) is 25.1 Å². The van der Waals surface area contributed by atoms with Gasteiger partial charge in [0.1, 0.15) is 11.6 Å². The molecule has 0 saturated carbocycles. The lowest BCUT2D eigenvalue weighted by Gasteiger charge is -2.06. The highest BCUT2D eigenvalue weighted by molar-refractivity contribution is 7.91. The maximum absolute atomic E-state index is 12.8. The van der Waals surface area contributed by atoms with E-state index in [4.69, 9.17) is 5.11 Å². The van der Waals surface area contributed by atoms with Crippen molar-refractivity contribution in [2.45, 2.75) is 12.4 Å². The summed E-state index contributed by atoms with van der Waals surface area (Å²) in [6.45, 7) is -0.178. The van der Waals surface area contributed by atoms with Crippen LogP contribution in [0.3, 0.4) is 0 Å². The lowest BCUT2D eigenvalue weighted by atomic mass is 10.1. The van der Waals surface area contributed by atoms with Crippen LogP contribution in [0.1, 0.15) is 21.5 Å². The molecule has 0 atom stereocenters. The Kier molecular flexibility index (Phi) is 5.05. The minimum atomic E-state index is -3.64. The van der Waals surface area contributed by atoms with Crippen molar-refractivity contribution in [3.63, 3.8) is 0 Å². The summed E-state index contributed by atoms with van der Waals surface area (Å²) in [4.78, 5) is 11.9. The topological polar surface area (TPSA) is 71.4 Å². The van der Waals surface area contributed by atoms with Crippen molar-refractivity contribution in [1.29, 1.82) is 0 Å². The van der Waals surface area contributed by atoms with E-state index < -0.39 is 27.2 Å². The number of sulfone groups is 1. The number of halogens is 1. The van der Waals surface area contributed by atoms with Gasteiger partial charge in [0, 0.05) is 5.56 Å². The summed E-state index contributed by atoms with van der Waals surface area (Å²) in [5.41, 5.74) is 1.28. The lowest BCUT2D eigenvalue weighted by molar-refractivity contribution is 0.102. The first-order chi connectivity index (χ1) is 10.4. The fourth-order valence-corrected chi connectivity index (χ4v) is 3.40. The van der Waals surface area contributed by atoms with Crippen LogP contribution in [0.4, 0.5) is 4.39 Å². The van der Waals surface area contributed by atoms with Crippen LogP contribution in [0.5, 0.6) is 0 Å². The Morgan fingerprint density at radius 2 is 1.68 bits per heavy atom. The summed E-state index contributed by atoms with van der Waals surface area (Å²) in [5, 5.41) is 9.04. The molecule has 0 unspecified atom stereocenters. The van der Waals surface area contributed by atoms with Crippen LogP contribution in [0.25, 0.3) is 0 Å². The third kappa shape index (κ3) is 4.47. The van der Waals surface area contributed by atoms with Gasteiger partial charge in [0.15, 0.2) is 15.6 Å². The van der Waals surface area contributed by atoms with E-state index >= 15 is 0 Å². The third-order valence-electron chi connectivity index (χ3n) is 3.08. The summed E-state index contributed by atoms with van der Waals surface area (Å²) >= 11 is 0. The SMILES string of the molecule is O=C(CS(=O)(=O)Cc1cccc(CO)c1)c1ccc(F)cc1. The first kappa shape index (κ1) is 16.3. The normalized spacial score (nSPS) is 11.4. The van der Waals surface area contributed by atoms with Crippen LogP contribution in [0.15, 0.2) is 48.5 Å². The number of Topliss-reactive ketones (excluding diaryl/α,β-unsaturated/α-hetero) is 1. The van der Waals surface area contributed by atoms with E-state index in [0.717, 1.165) is 12.1 Å². The van der Waals surface area contributed by atoms with E-state index in [9.17, 15) is 17.6 Å². The molecule has 0 spiro atoms. The van der Waals surface area contributed by atoms with E-state index in [-0.39, 0.29) is 17.9 Å². The smallest absolute Gasteiger partial charge is 0.177 e. The molecule has 22 heavy (non-hydrogen) atoms. The number of rotatable bonds is 6. The van der Waals surface area contributed by atoms with Crippen LogP contribution in [-0.2, 0) is 22.2 Å². The zero-order valence-corrected chi connectivity index (χ0v) is 12.5. The highest BCUT2D eigenvalue weighted by Crippen LogP contribution is 2.12. The second-order valence-corrected chi connectivity index (χ2v) is 7.00. The quantitative estimate of drug-likeness (QED) is 0.827. The van der Waals surface area contributed by atoms with E-state index in [1.165, 1.54) is 12.1 Å². The van der Waals surface area contributed by atoms with Gasteiger partial charge in [-0.25, -0.2) is 12.8 Å². The molecule has 0 aliphatic heterocycles. The summed E-state index contributed by atoms with van der Waals surface area (Å²) in [5.74, 6) is -1.98. The molecule has 0 bridgehead atoms. The average Bonchev–Trinajstić information content (AvgIpc) is 2.47. The van der Waals surface area contributed by atoms with Gasteiger partial charge in [-0.05, 0) is 35.4 Å². The first-order valence-electron chi connectivity index (χ1n) is 6.57. The molecule has 2 aromatic rings. The van der Waals surface area contributed by atoms with Gasteiger partial charge in [0.05, 0.1) is 12.4 Å². The van der Waals surface area contributed by atoms with Crippen LogP contribution in [0, 0.1) is 5.82 Å². The van der Waals surface area contributed by atoms with E-state index in [2.05, 4.69) is 0 Å². The molecule has 0 radical (unpaired) electrons. The zero-order chi connectivity index (χ0) is 16.2. The van der Waals surface area contributed by atoms with Gasteiger partial charge in [0.25, 0.3) is 0 Å². The molecule has 0 aromatic heterocycles. The lowest BCUT2D eigenvalue weighted by Crippen LogP contribution is -2.18. The van der Waals surface area contributed by atoms with Gasteiger partial charge >= 0.3 is 0 Å². The number of hydrogen-bond donors (Lipinski definition) is 1. The molecule has 1 N–H and O–H groups in total. The maximum atomic E-state index is 12.8. The standard InChI is InChI=1S/C16H15FO4S/c17-15-6-4-14(5-7-15)16(19)11-22(20,21)10-13-3-1-2-12(8-13)9-18/h1-8,18H,9-11H2. The van der Waals surface area contributed by atoms with Crippen molar-refractivity contribution >= 4 is 15.6 Å². The van der Waals surface area contributed by atoms with Gasteiger partial charge in [-0.1, -0.05) is 24.3 Å². The second kappa shape index (κ2) is 6.81. The predicted molar refractivity (Wildman–Crippen MR) is 80.6 cm³/mol. The second-order valence-electron chi connectivity index (χ2n) is 4.94. The van der Waals surface area contributed by atoms with Crippen molar-refractivity contribution in [3.8, 4) is 0 Å². The molecular formula is C16H15FO4S. The Bertz CT molecular complexity index is 767. The molecular weight excluding hydrogens is 307 g/mol. The minimum absolute atomic E-state index is 0.161. The van der Waals surface area contributed by atoms with Crippen LogP contribution < -0.4 is 0 Å². The van der Waals surface area contributed by atoms with E-state index in [1.807, 2.05) is 0 Å². The number of benzene rings is 2. The van der Waals surface area contributed by atoms with Crippen molar-refractivity contribution in [3.05, 3.63) is 71.0 Å². The van der Waals surface area contributed by atoms with Crippen LogP contribution in [0.2, 0.25) is 0 Å². The molecule has 116 valence electrons. The number of hydrogen-bond acceptors (Lipinski definition) is 4. The molecule has 0 saturated heterocycles. The van der Waals surface area contributed by atoms with Crippen molar-refractivity contribution in [2.24, 2.45) is 0 Å². The monoisotopic (exact) mass is 322 g/mol. The summed E-state index contributed by atoms with van der Waals surface area (Å²) in [6.07, 6.45) is 0. The average molecular weight is 322 g/mol. The molecule has 6 heteroatoms. The Hall–Kier alpha value is -2.05. The predicted octanol–water partition coefficient (Wildman–Crippen LogP) is 2.12. The highest BCUT2D eigenvalue weighted by Gasteiger charge is 2.19. The van der Waals surface area contributed by atoms with Gasteiger partial charge in [-0.2, -0.15) is 0 Å². The molecule has 0 heterocycles. The van der Waals surface area contributed by atoms with Gasteiger partial charge in [-0.15, -0.1) is 0 Å². The Morgan fingerprint density at radius 1 is 1.05 bits per heavy atom. The summed E-state index contributed by atoms with van der Waals surface area (Å²) in [6, 6.07) is 11.3. The van der Waals surface area contributed by atoms with Crippen molar-refractivity contribution in [2.75, 3.05) is 5.75 Å². The molecule has 0 fully saturated rings. The van der Waals surface area contributed by atoms with E-state index in [1.54, 1.807) is 24.3 Å². The minimum Gasteiger partial charge on any atom is -0.392 e. The molecule has 4 nitrogen and oxygen atoms in total. The Balaban J connectivity index is 2.10. The number of aliphatic hydroxyl groups is 1.